The van der Waals surface area contributed by atoms with Crippen molar-refractivity contribution in [2.24, 2.45) is 7.05 Å². The number of aryl methyl sites for hydroxylation is 3. The van der Waals surface area contributed by atoms with Gasteiger partial charge in [0.1, 0.15) is 11.6 Å². The van der Waals surface area contributed by atoms with Crippen molar-refractivity contribution in [1.29, 1.82) is 0 Å². The van der Waals surface area contributed by atoms with Gasteiger partial charge in [-0.05, 0) is 80.4 Å². The third-order valence-electron chi connectivity index (χ3n) is 6.05. The number of sulfone groups is 1. The SMILES string of the molecule is CN(C)Cc1nc(S(=O)(=O)CC(=O)Cc2c3c(cc4c2CCC4)CCC3)cn1C. The first-order valence-electron chi connectivity index (χ1n) is 10.3. The molecule has 0 amide bonds. The molecule has 6 nitrogen and oxygen atoms in total. The average Bonchev–Trinajstić information content (AvgIpc) is 3.34. The van der Waals surface area contributed by atoms with Gasteiger partial charge in [-0.1, -0.05) is 6.07 Å². The van der Waals surface area contributed by atoms with Crippen LogP contribution in [0.5, 0.6) is 0 Å². The summed E-state index contributed by atoms with van der Waals surface area (Å²) in [6.07, 6.45) is 8.15. The fourth-order valence-electron chi connectivity index (χ4n) is 4.74. The van der Waals surface area contributed by atoms with Crippen LogP contribution in [0.3, 0.4) is 0 Å². The lowest BCUT2D eigenvalue weighted by Gasteiger charge is -2.14. The molecule has 0 radical (unpaired) electrons. The van der Waals surface area contributed by atoms with E-state index in [2.05, 4.69) is 11.1 Å². The largest absolute Gasteiger partial charge is 0.336 e. The molecule has 0 N–H and O–H groups in total. The summed E-state index contributed by atoms with van der Waals surface area (Å²) in [4.78, 5) is 19.1. The van der Waals surface area contributed by atoms with Gasteiger partial charge in [0.05, 0.1) is 6.54 Å². The lowest BCUT2D eigenvalue weighted by molar-refractivity contribution is -0.116. The van der Waals surface area contributed by atoms with Crippen LogP contribution in [0.15, 0.2) is 17.3 Å². The van der Waals surface area contributed by atoms with E-state index in [9.17, 15) is 13.2 Å². The van der Waals surface area contributed by atoms with E-state index in [1.165, 1.54) is 28.5 Å². The van der Waals surface area contributed by atoms with Crippen LogP contribution in [0.2, 0.25) is 0 Å². The van der Waals surface area contributed by atoms with Gasteiger partial charge in [-0.25, -0.2) is 13.4 Å². The zero-order valence-corrected chi connectivity index (χ0v) is 18.3. The molecular formula is C22H29N3O3S. The number of carbonyl (C=O) groups excluding carboxylic acids is 1. The van der Waals surface area contributed by atoms with Gasteiger partial charge in [0.25, 0.3) is 0 Å². The lowest BCUT2D eigenvalue weighted by Crippen LogP contribution is -2.20. The highest BCUT2D eigenvalue weighted by Gasteiger charge is 2.28. The molecule has 0 fully saturated rings. The molecule has 2 aromatic rings. The number of nitrogens with zero attached hydrogens (tertiary/aromatic N) is 3. The molecular weight excluding hydrogens is 386 g/mol. The second-order valence-electron chi connectivity index (χ2n) is 8.66. The Bertz CT molecular complexity index is 1040. The quantitative estimate of drug-likeness (QED) is 0.692. The number of ketones is 1. The van der Waals surface area contributed by atoms with Crippen LogP contribution < -0.4 is 0 Å². The van der Waals surface area contributed by atoms with Gasteiger partial charge in [-0.3, -0.25) is 4.79 Å². The van der Waals surface area contributed by atoms with Gasteiger partial charge in [-0.2, -0.15) is 0 Å². The molecule has 0 aliphatic heterocycles. The fourth-order valence-corrected chi connectivity index (χ4v) is 5.97. The number of benzene rings is 1. The van der Waals surface area contributed by atoms with E-state index in [1.54, 1.807) is 11.6 Å². The van der Waals surface area contributed by atoms with Crippen molar-refractivity contribution in [1.82, 2.24) is 14.5 Å². The second kappa shape index (κ2) is 7.69. The zero-order chi connectivity index (χ0) is 20.8. The number of rotatable bonds is 7. The van der Waals surface area contributed by atoms with E-state index in [0.29, 0.717) is 12.4 Å². The maximum absolute atomic E-state index is 12.8. The van der Waals surface area contributed by atoms with Gasteiger partial charge in [-0.15, -0.1) is 0 Å². The number of hydrogen-bond acceptors (Lipinski definition) is 5. The molecule has 1 heterocycles. The van der Waals surface area contributed by atoms with Crippen LogP contribution >= 0.6 is 0 Å². The first-order valence-corrected chi connectivity index (χ1v) is 12.0. The standard InChI is InChI=1S/C22H29N3O3S/c1-24(2)12-21-23-22(13-25(21)3)29(27,28)14-17(26)11-20-18-8-4-6-15(18)10-16-7-5-9-19(16)20/h10,13H,4-9,11-12,14H2,1-3H3. The summed E-state index contributed by atoms with van der Waals surface area (Å²) in [6, 6.07) is 2.33. The Hall–Kier alpha value is -1.99. The summed E-state index contributed by atoms with van der Waals surface area (Å²) in [5.74, 6) is -0.0527. The van der Waals surface area contributed by atoms with Crippen molar-refractivity contribution >= 4 is 15.6 Å². The minimum atomic E-state index is -3.75. The van der Waals surface area contributed by atoms with Crippen molar-refractivity contribution in [3.05, 3.63) is 45.9 Å². The van der Waals surface area contributed by atoms with Crippen LogP contribution in [0.4, 0.5) is 0 Å². The molecule has 0 atom stereocenters. The molecule has 156 valence electrons. The highest BCUT2D eigenvalue weighted by Crippen LogP contribution is 2.35. The molecule has 1 aromatic carbocycles. The van der Waals surface area contributed by atoms with Gasteiger partial charge in [0.15, 0.2) is 10.8 Å². The van der Waals surface area contributed by atoms with Gasteiger partial charge in [0, 0.05) is 19.7 Å². The third-order valence-corrected chi connectivity index (χ3v) is 7.59. The van der Waals surface area contributed by atoms with E-state index >= 15 is 0 Å². The third kappa shape index (κ3) is 4.03. The van der Waals surface area contributed by atoms with Gasteiger partial charge in [0.2, 0.25) is 9.84 Å². The highest BCUT2D eigenvalue weighted by molar-refractivity contribution is 7.92. The summed E-state index contributed by atoms with van der Waals surface area (Å²) in [5, 5.41) is -0.00582. The molecule has 0 unspecified atom stereocenters. The summed E-state index contributed by atoms with van der Waals surface area (Å²) in [7, 11) is 1.85. The summed E-state index contributed by atoms with van der Waals surface area (Å²) in [6.45, 7) is 0.544. The van der Waals surface area contributed by atoms with Crippen LogP contribution in [-0.4, -0.2) is 48.5 Å². The van der Waals surface area contributed by atoms with Gasteiger partial charge < -0.3 is 9.47 Å². The maximum atomic E-state index is 12.8. The van der Waals surface area contributed by atoms with Crippen molar-refractivity contribution < 1.29 is 13.2 Å². The number of Topliss-reactive ketones (excluding diaryl/α,β-unsaturated/α-hetero) is 1. The Morgan fingerprint density at radius 1 is 1.10 bits per heavy atom. The molecule has 7 heteroatoms. The molecule has 2 aliphatic rings. The molecule has 2 aliphatic carbocycles. The van der Waals surface area contributed by atoms with Crippen molar-refractivity contribution in [2.45, 2.75) is 56.5 Å². The van der Waals surface area contributed by atoms with Crippen molar-refractivity contribution in [3.63, 3.8) is 0 Å². The van der Waals surface area contributed by atoms with E-state index in [4.69, 9.17) is 0 Å². The predicted octanol–water partition coefficient (Wildman–Crippen LogP) is 2.04. The summed E-state index contributed by atoms with van der Waals surface area (Å²) >= 11 is 0. The number of imidazole rings is 1. The average molecular weight is 416 g/mol. The molecule has 0 spiro atoms. The topological polar surface area (TPSA) is 72.3 Å². The maximum Gasteiger partial charge on any atom is 0.204 e. The van der Waals surface area contributed by atoms with Crippen molar-refractivity contribution in [3.8, 4) is 0 Å². The lowest BCUT2D eigenvalue weighted by atomic mass is 9.91. The van der Waals surface area contributed by atoms with Crippen LogP contribution in [0.1, 0.15) is 46.5 Å². The Morgan fingerprint density at radius 3 is 2.31 bits per heavy atom. The smallest absolute Gasteiger partial charge is 0.204 e. The van der Waals surface area contributed by atoms with E-state index in [0.717, 1.165) is 44.1 Å². The summed E-state index contributed by atoms with van der Waals surface area (Å²) in [5.41, 5.74) is 6.48. The molecule has 29 heavy (non-hydrogen) atoms. The van der Waals surface area contributed by atoms with Crippen LogP contribution in [0.25, 0.3) is 0 Å². The Kier molecular flexibility index (Phi) is 5.38. The van der Waals surface area contributed by atoms with E-state index < -0.39 is 15.6 Å². The van der Waals surface area contributed by atoms with E-state index in [-0.39, 0.29) is 17.2 Å². The van der Waals surface area contributed by atoms with E-state index in [1.807, 2.05) is 19.0 Å². The first-order chi connectivity index (χ1) is 13.7. The molecule has 4 rings (SSSR count). The molecule has 0 bridgehead atoms. The second-order valence-corrected chi connectivity index (χ2v) is 10.6. The number of fused-ring (bicyclic) bond motifs is 2. The molecule has 0 saturated heterocycles. The molecule has 1 aromatic heterocycles. The number of hydrogen-bond donors (Lipinski definition) is 0. The fraction of sp³-hybridized carbons (Fsp3) is 0.545. The van der Waals surface area contributed by atoms with Crippen LogP contribution in [-0.2, 0) is 60.3 Å². The predicted molar refractivity (Wildman–Crippen MR) is 112 cm³/mol. The van der Waals surface area contributed by atoms with Crippen molar-refractivity contribution in [2.75, 3.05) is 19.8 Å². The normalized spacial score (nSPS) is 15.7. The first kappa shape index (κ1) is 20.3. The number of aromatic nitrogens is 2. The van der Waals surface area contributed by atoms with Crippen LogP contribution in [0, 0.1) is 0 Å². The zero-order valence-electron chi connectivity index (χ0n) is 17.5. The monoisotopic (exact) mass is 415 g/mol. The Labute approximate surface area is 172 Å². The number of carbonyl (C=O) groups is 1. The van der Waals surface area contributed by atoms with Gasteiger partial charge >= 0.3 is 0 Å². The Balaban J connectivity index is 1.55. The Morgan fingerprint density at radius 2 is 1.72 bits per heavy atom. The minimum Gasteiger partial charge on any atom is -0.336 e. The molecule has 0 saturated carbocycles. The highest BCUT2D eigenvalue weighted by atomic mass is 32.2. The summed E-state index contributed by atoms with van der Waals surface area (Å²) < 4.78 is 27.4. The minimum absolute atomic E-state index is 0.00582.